The van der Waals surface area contributed by atoms with E-state index >= 15 is 0 Å². The Labute approximate surface area is 109 Å². The summed E-state index contributed by atoms with van der Waals surface area (Å²) in [6.45, 7) is 7.05. The zero-order valence-electron chi connectivity index (χ0n) is 11.4. The number of ether oxygens (including phenoxy) is 1. The molecule has 0 spiro atoms. The molecule has 0 saturated carbocycles. The van der Waals surface area contributed by atoms with E-state index in [1.807, 2.05) is 26.8 Å². The van der Waals surface area contributed by atoms with Gasteiger partial charge < -0.3 is 20.3 Å². The van der Waals surface area contributed by atoms with Gasteiger partial charge in [-0.1, -0.05) is 6.92 Å². The van der Waals surface area contributed by atoms with Gasteiger partial charge in [0.2, 0.25) is 0 Å². The minimum absolute atomic E-state index is 0.0649. The molecule has 0 heterocycles. The SMILES string of the molecule is CCOc1ccc(O)c(CNC(C)(CC)CO)c1. The summed E-state index contributed by atoms with van der Waals surface area (Å²) in [6.07, 6.45) is 0.815. The van der Waals surface area contributed by atoms with Crippen molar-refractivity contribution in [3.63, 3.8) is 0 Å². The highest BCUT2D eigenvalue weighted by molar-refractivity contribution is 5.39. The second-order valence-electron chi connectivity index (χ2n) is 4.65. The summed E-state index contributed by atoms with van der Waals surface area (Å²) in [6, 6.07) is 5.19. The lowest BCUT2D eigenvalue weighted by Crippen LogP contribution is -2.44. The van der Waals surface area contributed by atoms with Gasteiger partial charge in [0.25, 0.3) is 0 Å². The molecule has 1 atom stereocenters. The van der Waals surface area contributed by atoms with Gasteiger partial charge in [0.15, 0.2) is 0 Å². The van der Waals surface area contributed by atoms with E-state index in [-0.39, 0.29) is 17.9 Å². The molecule has 4 heteroatoms. The summed E-state index contributed by atoms with van der Waals surface area (Å²) in [7, 11) is 0. The largest absolute Gasteiger partial charge is 0.508 e. The standard InChI is InChI=1S/C14H23NO3/c1-4-14(3,10-16)15-9-11-8-12(18-5-2)6-7-13(11)17/h6-8,15-17H,4-5,9-10H2,1-3H3. The maximum absolute atomic E-state index is 9.79. The fourth-order valence-corrected chi connectivity index (χ4v) is 1.56. The molecule has 0 aliphatic carbocycles. The lowest BCUT2D eigenvalue weighted by atomic mass is 9.99. The molecule has 1 unspecified atom stereocenters. The lowest BCUT2D eigenvalue weighted by Gasteiger charge is -2.27. The van der Waals surface area contributed by atoms with Crippen LogP contribution in [0.4, 0.5) is 0 Å². The number of aromatic hydroxyl groups is 1. The van der Waals surface area contributed by atoms with Crippen molar-refractivity contribution in [1.82, 2.24) is 5.32 Å². The van der Waals surface area contributed by atoms with Crippen molar-refractivity contribution in [3.8, 4) is 11.5 Å². The fraction of sp³-hybridized carbons (Fsp3) is 0.571. The molecule has 1 aromatic rings. The Kier molecular flexibility index (Phi) is 5.44. The summed E-state index contributed by atoms with van der Waals surface area (Å²) in [4.78, 5) is 0. The van der Waals surface area contributed by atoms with Crippen molar-refractivity contribution < 1.29 is 14.9 Å². The Morgan fingerprint density at radius 2 is 2.06 bits per heavy atom. The smallest absolute Gasteiger partial charge is 0.120 e. The van der Waals surface area contributed by atoms with Gasteiger partial charge in [-0.25, -0.2) is 0 Å². The predicted molar refractivity (Wildman–Crippen MR) is 71.9 cm³/mol. The molecule has 102 valence electrons. The highest BCUT2D eigenvalue weighted by Crippen LogP contribution is 2.23. The lowest BCUT2D eigenvalue weighted by molar-refractivity contribution is 0.168. The number of nitrogens with one attached hydrogen (secondary N) is 1. The van der Waals surface area contributed by atoms with E-state index in [1.165, 1.54) is 0 Å². The monoisotopic (exact) mass is 253 g/mol. The van der Waals surface area contributed by atoms with Crippen LogP contribution in [-0.4, -0.2) is 29.0 Å². The van der Waals surface area contributed by atoms with Crippen LogP contribution >= 0.6 is 0 Å². The Bertz CT molecular complexity index is 375. The van der Waals surface area contributed by atoms with Crippen LogP contribution in [0.1, 0.15) is 32.8 Å². The van der Waals surface area contributed by atoms with Crippen LogP contribution in [0, 0.1) is 0 Å². The molecule has 0 amide bonds. The van der Waals surface area contributed by atoms with Crippen LogP contribution < -0.4 is 10.1 Å². The second-order valence-corrected chi connectivity index (χ2v) is 4.65. The Morgan fingerprint density at radius 3 is 2.61 bits per heavy atom. The number of hydrogen-bond acceptors (Lipinski definition) is 4. The van der Waals surface area contributed by atoms with Crippen molar-refractivity contribution in [2.45, 2.75) is 39.3 Å². The van der Waals surface area contributed by atoms with E-state index in [9.17, 15) is 10.2 Å². The summed E-state index contributed by atoms with van der Waals surface area (Å²) in [5.74, 6) is 0.983. The van der Waals surface area contributed by atoms with Gasteiger partial charge in [-0.2, -0.15) is 0 Å². The molecule has 0 aliphatic rings. The number of hydrogen-bond donors (Lipinski definition) is 3. The van der Waals surface area contributed by atoms with Crippen LogP contribution in [-0.2, 0) is 6.54 Å². The summed E-state index contributed by atoms with van der Waals surface area (Å²) in [5.41, 5.74) is 0.447. The molecule has 18 heavy (non-hydrogen) atoms. The summed E-state index contributed by atoms with van der Waals surface area (Å²) < 4.78 is 5.40. The molecule has 0 aromatic heterocycles. The highest BCUT2D eigenvalue weighted by atomic mass is 16.5. The van der Waals surface area contributed by atoms with Gasteiger partial charge in [-0.05, 0) is 38.5 Å². The first kappa shape index (κ1) is 14.8. The van der Waals surface area contributed by atoms with Crippen LogP contribution in [0.25, 0.3) is 0 Å². The quantitative estimate of drug-likeness (QED) is 0.696. The first-order chi connectivity index (χ1) is 8.54. The van der Waals surface area contributed by atoms with Crippen molar-refractivity contribution in [1.29, 1.82) is 0 Å². The van der Waals surface area contributed by atoms with Crippen LogP contribution in [0.3, 0.4) is 0 Å². The van der Waals surface area contributed by atoms with Crippen molar-refractivity contribution in [2.75, 3.05) is 13.2 Å². The van der Waals surface area contributed by atoms with Gasteiger partial charge in [0.1, 0.15) is 11.5 Å². The molecule has 0 fully saturated rings. The van der Waals surface area contributed by atoms with Gasteiger partial charge in [-0.3, -0.25) is 0 Å². The van der Waals surface area contributed by atoms with E-state index < -0.39 is 0 Å². The molecule has 0 bridgehead atoms. The van der Waals surface area contributed by atoms with E-state index in [1.54, 1.807) is 12.1 Å². The third-order valence-corrected chi connectivity index (χ3v) is 3.20. The summed E-state index contributed by atoms with van der Waals surface area (Å²) >= 11 is 0. The minimum atomic E-state index is -0.325. The number of rotatable bonds is 7. The molecule has 0 aliphatic heterocycles. The molecule has 1 rings (SSSR count). The van der Waals surface area contributed by atoms with Gasteiger partial charge in [-0.15, -0.1) is 0 Å². The summed E-state index contributed by atoms with van der Waals surface area (Å²) in [5, 5.41) is 22.4. The van der Waals surface area contributed by atoms with E-state index in [4.69, 9.17) is 4.74 Å². The number of aliphatic hydroxyl groups is 1. The third-order valence-electron chi connectivity index (χ3n) is 3.20. The zero-order valence-corrected chi connectivity index (χ0v) is 11.4. The highest BCUT2D eigenvalue weighted by Gasteiger charge is 2.20. The number of aliphatic hydroxyl groups excluding tert-OH is 1. The fourth-order valence-electron chi connectivity index (χ4n) is 1.56. The molecule has 1 aromatic carbocycles. The molecular formula is C14H23NO3. The molecule has 0 radical (unpaired) electrons. The number of benzene rings is 1. The predicted octanol–water partition coefficient (Wildman–Crippen LogP) is 2.04. The maximum atomic E-state index is 9.79. The van der Waals surface area contributed by atoms with Gasteiger partial charge in [0, 0.05) is 17.6 Å². The Morgan fingerprint density at radius 1 is 1.33 bits per heavy atom. The minimum Gasteiger partial charge on any atom is -0.508 e. The number of phenolic OH excluding ortho intramolecular Hbond substituents is 1. The van der Waals surface area contributed by atoms with Gasteiger partial charge in [0.05, 0.1) is 13.2 Å². The van der Waals surface area contributed by atoms with Crippen molar-refractivity contribution in [3.05, 3.63) is 23.8 Å². The van der Waals surface area contributed by atoms with E-state index in [0.717, 1.165) is 17.7 Å². The molecule has 3 N–H and O–H groups in total. The Hall–Kier alpha value is -1.26. The van der Waals surface area contributed by atoms with Crippen LogP contribution in [0.15, 0.2) is 18.2 Å². The normalized spacial score (nSPS) is 14.2. The van der Waals surface area contributed by atoms with Crippen LogP contribution in [0.2, 0.25) is 0 Å². The zero-order chi connectivity index (χ0) is 13.6. The molecule has 4 nitrogen and oxygen atoms in total. The Balaban J connectivity index is 2.74. The third kappa shape index (κ3) is 3.89. The average molecular weight is 253 g/mol. The first-order valence-corrected chi connectivity index (χ1v) is 6.35. The average Bonchev–Trinajstić information content (AvgIpc) is 2.39. The van der Waals surface area contributed by atoms with Gasteiger partial charge >= 0.3 is 0 Å². The van der Waals surface area contributed by atoms with E-state index in [0.29, 0.717) is 13.2 Å². The van der Waals surface area contributed by atoms with Crippen LogP contribution in [0.5, 0.6) is 11.5 Å². The van der Waals surface area contributed by atoms with Crippen molar-refractivity contribution in [2.24, 2.45) is 0 Å². The molecular weight excluding hydrogens is 230 g/mol. The topological polar surface area (TPSA) is 61.7 Å². The van der Waals surface area contributed by atoms with E-state index in [2.05, 4.69) is 5.32 Å². The van der Waals surface area contributed by atoms with Crippen molar-refractivity contribution >= 4 is 0 Å². The first-order valence-electron chi connectivity index (χ1n) is 6.35. The maximum Gasteiger partial charge on any atom is 0.120 e. The number of phenols is 1. The second kappa shape index (κ2) is 6.61. The molecule has 0 saturated heterocycles.